The van der Waals surface area contributed by atoms with Crippen LogP contribution in [0.15, 0.2) is 34.3 Å². The van der Waals surface area contributed by atoms with Crippen LogP contribution in [-0.4, -0.2) is 23.2 Å². The molecule has 120 valence electrons. The molecule has 1 aromatic heterocycles. The lowest BCUT2D eigenvalue weighted by Crippen LogP contribution is -2.29. The van der Waals surface area contributed by atoms with Gasteiger partial charge in [-0.2, -0.15) is 0 Å². The van der Waals surface area contributed by atoms with E-state index in [0.717, 1.165) is 6.42 Å². The maximum atomic E-state index is 12.4. The molecule has 0 unspecified atom stereocenters. The summed E-state index contributed by atoms with van der Waals surface area (Å²) in [6, 6.07) is 5.45. The maximum Gasteiger partial charge on any atom is 0.241 e. The number of thiol groups is 1. The van der Waals surface area contributed by atoms with E-state index in [1.54, 1.807) is 11.5 Å². The van der Waals surface area contributed by atoms with E-state index in [1.165, 1.54) is 24.3 Å². The third-order valence-electron chi connectivity index (χ3n) is 3.05. The average molecular weight is 361 g/mol. The van der Waals surface area contributed by atoms with Gasteiger partial charge >= 0.3 is 0 Å². The lowest BCUT2D eigenvalue weighted by Gasteiger charge is -2.15. The standard InChI is InChI=1S/C13H17ClN4O2S2/c1-3-8-18-12(15-16-13(18)21)9(2)17-22(19,20)11-6-4-10(14)5-7-11/h4-7,9,17H,3,8H2,1-2H3,(H,16,21)/t9-/m1/s1. The largest absolute Gasteiger partial charge is 0.305 e. The molecule has 9 heteroatoms. The van der Waals surface area contributed by atoms with Gasteiger partial charge in [0.1, 0.15) is 0 Å². The number of nitrogens with zero attached hydrogens (tertiary/aromatic N) is 3. The zero-order valence-corrected chi connectivity index (χ0v) is 14.7. The Morgan fingerprint density at radius 3 is 2.55 bits per heavy atom. The van der Waals surface area contributed by atoms with Crippen molar-refractivity contribution in [3.05, 3.63) is 35.1 Å². The maximum absolute atomic E-state index is 12.4. The SMILES string of the molecule is CCCn1c(S)nnc1[C@@H](C)NS(=O)(=O)c1ccc(Cl)cc1. The fraction of sp³-hybridized carbons (Fsp3) is 0.385. The Labute approximate surface area is 140 Å². The minimum absolute atomic E-state index is 0.149. The molecule has 1 N–H and O–H groups in total. The van der Waals surface area contributed by atoms with Crippen LogP contribution in [0.25, 0.3) is 0 Å². The monoisotopic (exact) mass is 360 g/mol. The number of hydrogen-bond donors (Lipinski definition) is 2. The van der Waals surface area contributed by atoms with E-state index < -0.39 is 16.1 Å². The van der Waals surface area contributed by atoms with E-state index in [9.17, 15) is 8.42 Å². The normalized spacial score (nSPS) is 13.3. The van der Waals surface area contributed by atoms with Gasteiger partial charge < -0.3 is 4.57 Å². The van der Waals surface area contributed by atoms with E-state index in [1.807, 2.05) is 6.92 Å². The van der Waals surface area contributed by atoms with Gasteiger partial charge in [0, 0.05) is 11.6 Å². The van der Waals surface area contributed by atoms with Crippen molar-refractivity contribution in [1.29, 1.82) is 0 Å². The molecule has 0 aliphatic rings. The highest BCUT2D eigenvalue weighted by atomic mass is 35.5. The molecular formula is C13H17ClN4O2S2. The molecule has 1 atom stereocenters. The summed E-state index contributed by atoms with van der Waals surface area (Å²) in [5.41, 5.74) is 0. The Hall–Kier alpha value is -1.09. The highest BCUT2D eigenvalue weighted by molar-refractivity contribution is 7.89. The number of hydrogen-bond acceptors (Lipinski definition) is 5. The van der Waals surface area contributed by atoms with E-state index in [0.29, 0.717) is 22.5 Å². The van der Waals surface area contributed by atoms with Crippen LogP contribution in [0.5, 0.6) is 0 Å². The van der Waals surface area contributed by atoms with Gasteiger partial charge in [-0.05, 0) is 37.6 Å². The van der Waals surface area contributed by atoms with Gasteiger partial charge in [-0.25, -0.2) is 13.1 Å². The summed E-state index contributed by atoms with van der Waals surface area (Å²) >= 11 is 10.0. The molecule has 6 nitrogen and oxygen atoms in total. The fourth-order valence-electron chi connectivity index (χ4n) is 2.03. The number of rotatable bonds is 6. The van der Waals surface area contributed by atoms with E-state index in [2.05, 4.69) is 27.5 Å². The molecule has 0 fully saturated rings. The summed E-state index contributed by atoms with van der Waals surface area (Å²) in [6.45, 7) is 4.41. The fourth-order valence-corrected chi connectivity index (χ4v) is 3.61. The van der Waals surface area contributed by atoms with Crippen LogP contribution >= 0.6 is 24.2 Å². The first-order valence-corrected chi connectivity index (χ1v) is 9.06. The first-order chi connectivity index (χ1) is 10.3. The molecule has 0 spiro atoms. The predicted octanol–water partition coefficient (Wildman–Crippen LogP) is 2.67. The molecule has 0 aliphatic carbocycles. The third-order valence-corrected chi connectivity index (χ3v) is 5.19. The third kappa shape index (κ3) is 3.81. The quantitative estimate of drug-likeness (QED) is 0.776. The van der Waals surface area contributed by atoms with Crippen LogP contribution in [0.4, 0.5) is 0 Å². The Kier molecular flexibility index (Phi) is 5.49. The number of halogens is 1. The van der Waals surface area contributed by atoms with Crippen molar-refractivity contribution < 1.29 is 8.42 Å². The minimum atomic E-state index is -3.66. The van der Waals surface area contributed by atoms with Gasteiger partial charge in [0.25, 0.3) is 0 Å². The number of sulfonamides is 1. The van der Waals surface area contributed by atoms with Gasteiger partial charge in [-0.1, -0.05) is 18.5 Å². The lowest BCUT2D eigenvalue weighted by molar-refractivity contribution is 0.527. The first-order valence-electron chi connectivity index (χ1n) is 6.75. The topological polar surface area (TPSA) is 76.9 Å². The number of aromatic nitrogens is 3. The molecule has 0 saturated heterocycles. The van der Waals surface area contributed by atoms with Crippen LogP contribution in [0.3, 0.4) is 0 Å². The van der Waals surface area contributed by atoms with Crippen LogP contribution in [0.1, 0.15) is 32.1 Å². The smallest absolute Gasteiger partial charge is 0.241 e. The van der Waals surface area contributed by atoms with Crippen LogP contribution in [-0.2, 0) is 16.6 Å². The second kappa shape index (κ2) is 6.99. The Balaban J connectivity index is 2.24. The summed E-state index contributed by atoms with van der Waals surface area (Å²) in [7, 11) is -3.66. The van der Waals surface area contributed by atoms with Gasteiger partial charge in [0.05, 0.1) is 10.9 Å². The van der Waals surface area contributed by atoms with Crippen LogP contribution in [0.2, 0.25) is 5.02 Å². The Morgan fingerprint density at radius 1 is 1.32 bits per heavy atom. The zero-order chi connectivity index (χ0) is 16.3. The minimum Gasteiger partial charge on any atom is -0.305 e. The molecule has 0 aliphatic heterocycles. The zero-order valence-electron chi connectivity index (χ0n) is 12.2. The molecule has 22 heavy (non-hydrogen) atoms. The predicted molar refractivity (Wildman–Crippen MR) is 87.8 cm³/mol. The summed E-state index contributed by atoms with van der Waals surface area (Å²) in [5.74, 6) is 0.532. The summed E-state index contributed by atoms with van der Waals surface area (Å²) in [4.78, 5) is 0.149. The second-order valence-electron chi connectivity index (χ2n) is 4.81. The number of benzene rings is 1. The molecule has 0 bridgehead atoms. The lowest BCUT2D eigenvalue weighted by atomic mass is 10.3. The van der Waals surface area contributed by atoms with E-state index in [-0.39, 0.29) is 4.90 Å². The molecule has 2 aromatic rings. The first kappa shape index (κ1) is 17.3. The molecule has 2 rings (SSSR count). The van der Waals surface area contributed by atoms with Gasteiger partial charge in [0.2, 0.25) is 10.0 Å². The van der Waals surface area contributed by atoms with Crippen molar-refractivity contribution >= 4 is 34.3 Å². The molecule has 0 radical (unpaired) electrons. The van der Waals surface area contributed by atoms with Crippen molar-refractivity contribution in [1.82, 2.24) is 19.5 Å². The van der Waals surface area contributed by atoms with Gasteiger partial charge in [-0.3, -0.25) is 0 Å². The van der Waals surface area contributed by atoms with Crippen molar-refractivity contribution in [3.63, 3.8) is 0 Å². The number of nitrogens with one attached hydrogen (secondary N) is 1. The van der Waals surface area contributed by atoms with Crippen molar-refractivity contribution in [2.45, 2.75) is 42.9 Å². The second-order valence-corrected chi connectivity index (χ2v) is 7.36. The summed E-state index contributed by atoms with van der Waals surface area (Å²) in [6.07, 6.45) is 0.870. The molecular weight excluding hydrogens is 344 g/mol. The molecule has 1 aromatic carbocycles. The van der Waals surface area contributed by atoms with Crippen molar-refractivity contribution in [2.75, 3.05) is 0 Å². The molecule has 0 amide bonds. The van der Waals surface area contributed by atoms with Crippen molar-refractivity contribution in [3.8, 4) is 0 Å². The highest BCUT2D eigenvalue weighted by Gasteiger charge is 2.22. The highest BCUT2D eigenvalue weighted by Crippen LogP contribution is 2.19. The Morgan fingerprint density at radius 2 is 1.95 bits per heavy atom. The average Bonchev–Trinajstić information content (AvgIpc) is 2.81. The Bertz CT molecular complexity index is 744. The van der Waals surface area contributed by atoms with E-state index in [4.69, 9.17) is 11.6 Å². The van der Waals surface area contributed by atoms with Gasteiger partial charge in [-0.15, -0.1) is 22.8 Å². The van der Waals surface area contributed by atoms with Crippen LogP contribution in [0, 0.1) is 0 Å². The summed E-state index contributed by atoms with van der Waals surface area (Å²) in [5, 5.41) is 8.86. The van der Waals surface area contributed by atoms with Crippen molar-refractivity contribution in [2.24, 2.45) is 0 Å². The summed E-state index contributed by atoms with van der Waals surface area (Å²) < 4.78 is 29.1. The van der Waals surface area contributed by atoms with Crippen LogP contribution < -0.4 is 4.72 Å². The molecule has 0 saturated carbocycles. The van der Waals surface area contributed by atoms with E-state index >= 15 is 0 Å². The molecule has 1 heterocycles. The van der Waals surface area contributed by atoms with Gasteiger partial charge in [0.15, 0.2) is 11.0 Å².